The first kappa shape index (κ1) is 20.8. The van der Waals surface area contributed by atoms with E-state index >= 15 is 0 Å². The lowest BCUT2D eigenvalue weighted by Gasteiger charge is -2.13. The van der Waals surface area contributed by atoms with Crippen molar-refractivity contribution in [2.75, 3.05) is 5.32 Å². The summed E-state index contributed by atoms with van der Waals surface area (Å²) in [5.74, 6) is -0.304. The maximum Gasteiger partial charge on any atom is 0.337 e. The van der Waals surface area contributed by atoms with Crippen LogP contribution in [0.1, 0.15) is 40.1 Å². The first-order valence-electron chi connectivity index (χ1n) is 9.24. The van der Waals surface area contributed by atoms with Crippen LogP contribution in [-0.4, -0.2) is 33.1 Å². The number of carbonyl (C=O) groups excluding carboxylic acids is 1. The Bertz CT molecular complexity index is 1060. The van der Waals surface area contributed by atoms with Gasteiger partial charge in [0, 0.05) is 18.3 Å². The monoisotopic (exact) mass is 407 g/mol. The number of ether oxygens (including phenoxy) is 2. The third-order valence-electron chi connectivity index (χ3n) is 3.86. The van der Waals surface area contributed by atoms with Crippen LogP contribution < -0.4 is 14.8 Å². The second kappa shape index (κ2) is 9.04. The van der Waals surface area contributed by atoms with Crippen LogP contribution >= 0.6 is 0 Å². The van der Waals surface area contributed by atoms with Crippen LogP contribution in [0.15, 0.2) is 54.7 Å². The van der Waals surface area contributed by atoms with E-state index in [9.17, 15) is 9.59 Å². The number of rotatable bonds is 7. The minimum absolute atomic E-state index is 0.0263. The van der Waals surface area contributed by atoms with Gasteiger partial charge in [-0.1, -0.05) is 12.1 Å². The number of hydrogen-bond acceptors (Lipinski definition) is 6. The molecule has 2 N–H and O–H groups in total. The molecule has 0 saturated carbocycles. The van der Waals surface area contributed by atoms with Gasteiger partial charge in [-0.2, -0.15) is 4.98 Å². The van der Waals surface area contributed by atoms with Crippen LogP contribution in [0.5, 0.6) is 17.5 Å². The van der Waals surface area contributed by atoms with Gasteiger partial charge in [-0.15, -0.1) is 0 Å². The van der Waals surface area contributed by atoms with E-state index in [1.54, 1.807) is 6.07 Å². The lowest BCUT2D eigenvalue weighted by Crippen LogP contribution is -2.15. The van der Waals surface area contributed by atoms with Crippen molar-refractivity contribution in [2.24, 2.45) is 0 Å². The van der Waals surface area contributed by atoms with Crippen LogP contribution in [0, 0.1) is 6.92 Å². The van der Waals surface area contributed by atoms with Crippen molar-refractivity contribution in [1.82, 2.24) is 9.97 Å². The Kier molecular flexibility index (Phi) is 6.26. The summed E-state index contributed by atoms with van der Waals surface area (Å²) < 4.78 is 11.5. The second-order valence-electron chi connectivity index (χ2n) is 6.81. The summed E-state index contributed by atoms with van der Waals surface area (Å²) >= 11 is 0. The number of aryl methyl sites for hydroxylation is 1. The molecule has 0 aliphatic rings. The molecule has 0 spiro atoms. The van der Waals surface area contributed by atoms with Crippen molar-refractivity contribution in [2.45, 2.75) is 26.9 Å². The van der Waals surface area contributed by atoms with Crippen molar-refractivity contribution in [1.29, 1.82) is 0 Å². The number of hydrogen-bond donors (Lipinski definition) is 2. The van der Waals surface area contributed by atoms with Crippen molar-refractivity contribution in [3.63, 3.8) is 0 Å². The number of carbonyl (C=O) groups is 2. The molecule has 1 amide bonds. The van der Waals surface area contributed by atoms with Gasteiger partial charge in [0.2, 0.25) is 11.8 Å². The first-order valence-corrected chi connectivity index (χ1v) is 9.24. The van der Waals surface area contributed by atoms with Gasteiger partial charge in [0.25, 0.3) is 5.91 Å². The molecule has 0 radical (unpaired) electrons. The molecule has 0 fully saturated rings. The molecule has 3 aromatic rings. The number of carboxylic acid groups (broad SMARTS) is 1. The third kappa shape index (κ3) is 5.54. The molecule has 2 aromatic heterocycles. The number of nitrogens with zero attached hydrogens (tertiary/aromatic N) is 2. The molecule has 3 rings (SSSR count). The minimum atomic E-state index is -1.09. The molecule has 30 heavy (non-hydrogen) atoms. The summed E-state index contributed by atoms with van der Waals surface area (Å²) in [5, 5.41) is 11.6. The molecule has 8 nitrogen and oxygen atoms in total. The topological polar surface area (TPSA) is 111 Å². The van der Waals surface area contributed by atoms with E-state index in [0.29, 0.717) is 5.75 Å². The van der Waals surface area contributed by atoms with E-state index in [1.165, 1.54) is 30.5 Å². The number of amides is 1. The number of aromatic carboxylic acids is 1. The van der Waals surface area contributed by atoms with Gasteiger partial charge in [0.05, 0.1) is 17.2 Å². The molecule has 2 heterocycles. The fraction of sp³-hybridized carbons (Fsp3) is 0.182. The Morgan fingerprint density at radius 1 is 1.03 bits per heavy atom. The van der Waals surface area contributed by atoms with Crippen LogP contribution in [0.4, 0.5) is 5.82 Å². The molecule has 1 aromatic carbocycles. The zero-order chi connectivity index (χ0) is 21.7. The number of aromatic nitrogens is 2. The molecule has 0 atom stereocenters. The highest BCUT2D eigenvalue weighted by Gasteiger charge is 2.14. The molecule has 0 aliphatic carbocycles. The van der Waals surface area contributed by atoms with E-state index < -0.39 is 11.9 Å². The maximum absolute atomic E-state index is 12.7. The van der Waals surface area contributed by atoms with Crippen LogP contribution in [0.2, 0.25) is 0 Å². The summed E-state index contributed by atoms with van der Waals surface area (Å²) in [6.45, 7) is 5.65. The highest BCUT2D eigenvalue weighted by atomic mass is 16.5. The van der Waals surface area contributed by atoms with Gasteiger partial charge in [-0.3, -0.25) is 4.79 Å². The zero-order valence-corrected chi connectivity index (χ0v) is 16.7. The predicted octanol–water partition coefficient (Wildman–Crippen LogP) is 4.32. The second-order valence-corrected chi connectivity index (χ2v) is 6.81. The molecule has 0 aliphatic heterocycles. The van der Waals surface area contributed by atoms with Crippen molar-refractivity contribution < 1.29 is 24.2 Å². The zero-order valence-electron chi connectivity index (χ0n) is 16.7. The fourth-order valence-corrected chi connectivity index (χ4v) is 2.55. The van der Waals surface area contributed by atoms with E-state index in [2.05, 4.69) is 15.3 Å². The summed E-state index contributed by atoms with van der Waals surface area (Å²) in [6.07, 6.45) is 1.03. The van der Waals surface area contributed by atoms with Crippen molar-refractivity contribution >= 4 is 17.7 Å². The molecule has 8 heteroatoms. The number of pyridine rings is 2. The number of benzene rings is 1. The smallest absolute Gasteiger partial charge is 0.337 e. The van der Waals surface area contributed by atoms with Gasteiger partial charge >= 0.3 is 5.97 Å². The lowest BCUT2D eigenvalue weighted by atomic mass is 10.2. The summed E-state index contributed by atoms with van der Waals surface area (Å²) in [4.78, 5) is 31.9. The third-order valence-corrected chi connectivity index (χ3v) is 3.86. The van der Waals surface area contributed by atoms with Gasteiger partial charge in [-0.05, 0) is 50.6 Å². The van der Waals surface area contributed by atoms with E-state index in [-0.39, 0.29) is 34.8 Å². The lowest BCUT2D eigenvalue weighted by molar-refractivity contribution is 0.0696. The Hall–Kier alpha value is -3.94. The molecule has 0 bridgehead atoms. The first-order chi connectivity index (χ1) is 14.3. The van der Waals surface area contributed by atoms with Gasteiger partial charge in [0.1, 0.15) is 11.6 Å². The maximum atomic E-state index is 12.7. The number of nitrogens with one attached hydrogen (secondary N) is 1. The number of anilines is 1. The summed E-state index contributed by atoms with van der Waals surface area (Å²) in [7, 11) is 0. The average molecular weight is 407 g/mol. The minimum Gasteiger partial charge on any atom is -0.478 e. The Balaban J connectivity index is 1.86. The fourth-order valence-electron chi connectivity index (χ4n) is 2.55. The molecule has 154 valence electrons. The van der Waals surface area contributed by atoms with E-state index in [0.717, 1.165) is 5.56 Å². The normalized spacial score (nSPS) is 10.5. The molecular formula is C22H21N3O5. The predicted molar refractivity (Wildman–Crippen MR) is 110 cm³/mol. The van der Waals surface area contributed by atoms with Gasteiger partial charge in [0.15, 0.2) is 0 Å². The quantitative estimate of drug-likeness (QED) is 0.600. The van der Waals surface area contributed by atoms with Crippen molar-refractivity contribution in [3.8, 4) is 17.5 Å². The van der Waals surface area contributed by atoms with Crippen LogP contribution in [0.3, 0.4) is 0 Å². The largest absolute Gasteiger partial charge is 0.478 e. The Labute approximate surface area is 173 Å². The highest BCUT2D eigenvalue weighted by molar-refractivity contribution is 6.04. The van der Waals surface area contributed by atoms with Crippen LogP contribution in [0.25, 0.3) is 0 Å². The number of carboxylic acids is 1. The summed E-state index contributed by atoms with van der Waals surface area (Å²) in [5.41, 5.74) is 1.31. The molecule has 0 saturated heterocycles. The standard InChI is InChI=1S/C22H21N3O5/c1-13(2)29-19-10-16(11-20(25-19)30-17-6-4-5-14(3)9-17)21(26)24-18-8-7-15(12-23-18)22(27)28/h4-13H,1-3H3,(H,27,28)(H,23,24,26). The molecular weight excluding hydrogens is 386 g/mol. The Morgan fingerprint density at radius 2 is 1.80 bits per heavy atom. The SMILES string of the molecule is Cc1cccc(Oc2cc(C(=O)Nc3ccc(C(=O)O)cn3)cc(OC(C)C)n2)c1. The summed E-state index contributed by atoms with van der Waals surface area (Å²) in [6, 6.07) is 13.2. The average Bonchev–Trinajstić information content (AvgIpc) is 2.67. The van der Waals surface area contributed by atoms with Gasteiger partial charge < -0.3 is 19.9 Å². The Morgan fingerprint density at radius 3 is 2.43 bits per heavy atom. The van der Waals surface area contributed by atoms with Crippen molar-refractivity contribution in [3.05, 3.63) is 71.4 Å². The van der Waals surface area contributed by atoms with E-state index in [1.807, 2.05) is 39.0 Å². The highest BCUT2D eigenvalue weighted by Crippen LogP contribution is 2.25. The molecule has 0 unspecified atom stereocenters. The van der Waals surface area contributed by atoms with Gasteiger partial charge in [-0.25, -0.2) is 9.78 Å². The van der Waals surface area contributed by atoms with Crippen LogP contribution in [-0.2, 0) is 0 Å². The van der Waals surface area contributed by atoms with E-state index in [4.69, 9.17) is 14.6 Å².